The van der Waals surface area contributed by atoms with Gasteiger partial charge in [0.05, 0.1) is 0 Å². The van der Waals surface area contributed by atoms with Gasteiger partial charge in [0.15, 0.2) is 0 Å². The smallest absolute Gasteiger partial charge is 0.274 e. The molecule has 0 atom stereocenters. The molecule has 9 heteroatoms. The first-order valence-corrected chi connectivity index (χ1v) is 9.49. The van der Waals surface area contributed by atoms with Gasteiger partial charge in [0.25, 0.3) is 5.89 Å². The monoisotopic (exact) mass is 404 g/mol. The number of nitrogens with zero attached hydrogens (tertiary/aromatic N) is 5. The third-order valence-corrected chi connectivity index (χ3v) is 4.80. The number of pyridine rings is 1. The number of carbonyl (C=O) groups excluding carboxylic acids is 2. The SMILES string of the molecule is Cc1ccc(NC(=O)CN2N=C(c3nc(-c4ccncc4)no3)CCC2=O)cc1C. The Morgan fingerprint density at radius 1 is 1.13 bits per heavy atom. The molecule has 0 bridgehead atoms. The molecule has 1 aliphatic heterocycles. The normalized spacial score (nSPS) is 13.9. The Labute approximate surface area is 172 Å². The zero-order valence-electron chi connectivity index (χ0n) is 16.6. The van der Waals surface area contributed by atoms with Crippen LogP contribution in [0, 0.1) is 13.8 Å². The molecule has 0 saturated carbocycles. The first kappa shape index (κ1) is 19.4. The van der Waals surface area contributed by atoms with Crippen molar-refractivity contribution in [1.29, 1.82) is 0 Å². The lowest BCUT2D eigenvalue weighted by Gasteiger charge is -2.21. The van der Waals surface area contributed by atoms with Gasteiger partial charge in [-0.1, -0.05) is 11.2 Å². The van der Waals surface area contributed by atoms with Gasteiger partial charge < -0.3 is 9.84 Å². The molecule has 3 aromatic rings. The molecule has 30 heavy (non-hydrogen) atoms. The number of rotatable bonds is 5. The highest BCUT2D eigenvalue weighted by atomic mass is 16.5. The van der Waals surface area contributed by atoms with Crippen LogP contribution in [0.5, 0.6) is 0 Å². The van der Waals surface area contributed by atoms with Crippen LogP contribution < -0.4 is 5.32 Å². The van der Waals surface area contributed by atoms with Gasteiger partial charge in [-0.05, 0) is 49.2 Å². The summed E-state index contributed by atoms with van der Waals surface area (Å²) in [5.41, 5.74) is 4.12. The van der Waals surface area contributed by atoms with E-state index in [9.17, 15) is 9.59 Å². The Bertz CT molecular complexity index is 1120. The maximum atomic E-state index is 12.4. The number of hydrogen-bond donors (Lipinski definition) is 1. The Morgan fingerprint density at radius 3 is 2.70 bits per heavy atom. The third-order valence-electron chi connectivity index (χ3n) is 4.80. The first-order valence-electron chi connectivity index (χ1n) is 9.49. The summed E-state index contributed by atoms with van der Waals surface area (Å²) in [4.78, 5) is 33.0. The van der Waals surface area contributed by atoms with Gasteiger partial charge in [0.1, 0.15) is 12.3 Å². The topological polar surface area (TPSA) is 114 Å². The Morgan fingerprint density at radius 2 is 1.93 bits per heavy atom. The Hall–Kier alpha value is -3.88. The molecule has 0 radical (unpaired) electrons. The third kappa shape index (κ3) is 4.24. The summed E-state index contributed by atoms with van der Waals surface area (Å²) in [7, 11) is 0. The van der Waals surface area contributed by atoms with E-state index in [0.717, 1.165) is 21.7 Å². The number of nitrogens with one attached hydrogen (secondary N) is 1. The standard InChI is InChI=1S/C21H20N6O3/c1-13-3-4-16(11-14(13)2)23-18(28)12-27-19(29)6-5-17(25-27)21-24-20(26-30-21)15-7-9-22-10-8-15/h3-4,7-11H,5-6,12H2,1-2H3,(H,23,28). The van der Waals surface area contributed by atoms with Crippen molar-refractivity contribution < 1.29 is 14.1 Å². The van der Waals surface area contributed by atoms with Crippen molar-refractivity contribution in [2.24, 2.45) is 5.10 Å². The van der Waals surface area contributed by atoms with Crippen LogP contribution in [0.4, 0.5) is 5.69 Å². The summed E-state index contributed by atoms with van der Waals surface area (Å²) in [6, 6.07) is 9.18. The number of benzene rings is 1. The molecule has 152 valence electrons. The van der Waals surface area contributed by atoms with Crippen LogP contribution in [-0.4, -0.2) is 44.2 Å². The van der Waals surface area contributed by atoms with Gasteiger partial charge >= 0.3 is 0 Å². The van der Waals surface area contributed by atoms with Crippen LogP contribution in [0.1, 0.15) is 29.9 Å². The zero-order valence-corrected chi connectivity index (χ0v) is 16.6. The molecule has 1 aliphatic rings. The second-order valence-electron chi connectivity index (χ2n) is 7.00. The van der Waals surface area contributed by atoms with E-state index in [1.54, 1.807) is 24.5 Å². The van der Waals surface area contributed by atoms with Crippen LogP contribution in [0.25, 0.3) is 11.4 Å². The molecule has 1 N–H and O–H groups in total. The fourth-order valence-corrected chi connectivity index (χ4v) is 2.99. The van der Waals surface area contributed by atoms with Crippen molar-refractivity contribution in [2.45, 2.75) is 26.7 Å². The fourth-order valence-electron chi connectivity index (χ4n) is 2.99. The highest BCUT2D eigenvalue weighted by Crippen LogP contribution is 2.19. The minimum Gasteiger partial charge on any atom is -0.332 e. The average Bonchev–Trinajstić information content (AvgIpc) is 3.23. The molecule has 1 aromatic carbocycles. The van der Waals surface area contributed by atoms with Crippen molar-refractivity contribution >= 4 is 23.2 Å². The van der Waals surface area contributed by atoms with Crippen molar-refractivity contribution in [2.75, 3.05) is 11.9 Å². The largest absolute Gasteiger partial charge is 0.332 e. The van der Waals surface area contributed by atoms with Crippen LogP contribution in [0.2, 0.25) is 0 Å². The molecule has 3 heterocycles. The lowest BCUT2D eigenvalue weighted by molar-refractivity contribution is -0.135. The Balaban J connectivity index is 1.47. The quantitative estimate of drug-likeness (QED) is 0.699. The number of amides is 2. The molecule has 0 spiro atoms. The summed E-state index contributed by atoms with van der Waals surface area (Å²) in [5, 5.41) is 12.2. The van der Waals surface area contributed by atoms with Gasteiger partial charge in [-0.15, -0.1) is 0 Å². The molecular weight excluding hydrogens is 384 g/mol. The molecule has 4 rings (SSSR count). The number of aryl methyl sites for hydroxylation is 2. The molecular formula is C21H20N6O3. The molecule has 2 amide bonds. The summed E-state index contributed by atoms with van der Waals surface area (Å²) in [6.45, 7) is 3.78. The summed E-state index contributed by atoms with van der Waals surface area (Å²) < 4.78 is 5.32. The van der Waals surface area contributed by atoms with Crippen LogP contribution >= 0.6 is 0 Å². The predicted octanol–water partition coefficient (Wildman–Crippen LogP) is 2.71. The average molecular weight is 404 g/mol. The molecule has 0 unspecified atom stereocenters. The van der Waals surface area contributed by atoms with Gasteiger partial charge in [0.2, 0.25) is 17.6 Å². The highest BCUT2D eigenvalue weighted by molar-refractivity contribution is 6.02. The van der Waals surface area contributed by atoms with E-state index in [1.165, 1.54) is 0 Å². The van der Waals surface area contributed by atoms with Crippen molar-refractivity contribution in [3.8, 4) is 11.4 Å². The van der Waals surface area contributed by atoms with Gasteiger partial charge in [-0.25, -0.2) is 5.01 Å². The van der Waals surface area contributed by atoms with Gasteiger partial charge in [-0.3, -0.25) is 14.6 Å². The Kier molecular flexibility index (Phi) is 5.34. The van der Waals surface area contributed by atoms with Crippen LogP contribution in [0.15, 0.2) is 52.4 Å². The van der Waals surface area contributed by atoms with E-state index in [4.69, 9.17) is 4.52 Å². The van der Waals surface area contributed by atoms with E-state index < -0.39 is 0 Å². The maximum absolute atomic E-state index is 12.4. The number of carbonyl (C=O) groups is 2. The van der Waals surface area contributed by atoms with E-state index in [1.807, 2.05) is 32.0 Å². The van der Waals surface area contributed by atoms with E-state index in [0.29, 0.717) is 23.6 Å². The zero-order chi connectivity index (χ0) is 21.1. The predicted molar refractivity (Wildman–Crippen MR) is 110 cm³/mol. The van der Waals surface area contributed by atoms with Crippen LogP contribution in [0.3, 0.4) is 0 Å². The second-order valence-corrected chi connectivity index (χ2v) is 7.00. The van der Waals surface area contributed by atoms with Crippen LogP contribution in [-0.2, 0) is 9.59 Å². The van der Waals surface area contributed by atoms with Crippen molar-refractivity contribution in [3.63, 3.8) is 0 Å². The van der Waals surface area contributed by atoms with E-state index in [-0.39, 0.29) is 30.7 Å². The van der Waals surface area contributed by atoms with E-state index in [2.05, 4.69) is 25.5 Å². The number of aromatic nitrogens is 3. The summed E-state index contributed by atoms with van der Waals surface area (Å²) in [5.74, 6) is 0.0716. The number of hydrogen-bond acceptors (Lipinski definition) is 7. The molecule has 9 nitrogen and oxygen atoms in total. The molecule has 0 saturated heterocycles. The number of anilines is 1. The summed E-state index contributed by atoms with van der Waals surface area (Å²) in [6.07, 6.45) is 3.85. The fraction of sp³-hybridized carbons (Fsp3) is 0.238. The van der Waals surface area contributed by atoms with Gasteiger partial charge in [-0.2, -0.15) is 10.1 Å². The molecule has 0 aliphatic carbocycles. The maximum Gasteiger partial charge on any atom is 0.274 e. The molecule has 2 aromatic heterocycles. The minimum atomic E-state index is -0.334. The lowest BCUT2D eigenvalue weighted by atomic mass is 10.1. The van der Waals surface area contributed by atoms with Crippen molar-refractivity contribution in [3.05, 3.63) is 59.7 Å². The highest BCUT2D eigenvalue weighted by Gasteiger charge is 2.26. The van der Waals surface area contributed by atoms with E-state index >= 15 is 0 Å². The van der Waals surface area contributed by atoms with Crippen molar-refractivity contribution in [1.82, 2.24) is 20.1 Å². The van der Waals surface area contributed by atoms with Gasteiger partial charge in [0, 0.05) is 36.5 Å². The first-order chi connectivity index (χ1) is 14.5. The number of hydrazone groups is 1. The second kappa shape index (κ2) is 8.24. The lowest BCUT2D eigenvalue weighted by Crippen LogP contribution is -2.38. The molecule has 0 fully saturated rings. The summed E-state index contributed by atoms with van der Waals surface area (Å²) >= 11 is 0. The minimum absolute atomic E-state index is 0.194.